The molecule has 0 spiro atoms. The third-order valence-corrected chi connectivity index (χ3v) is 6.24. The Bertz CT molecular complexity index is 354. The maximum Gasteiger partial charge on any atom is 0.166 e. The summed E-state index contributed by atoms with van der Waals surface area (Å²) in [5.74, 6) is 1.91. The Balaban J connectivity index is 1.40. The zero-order chi connectivity index (χ0) is 14.7. The summed E-state index contributed by atoms with van der Waals surface area (Å²) in [6.45, 7) is 6.00. The van der Waals surface area contributed by atoms with Gasteiger partial charge in [-0.05, 0) is 56.3 Å². The second kappa shape index (κ2) is 7.28. The molecular formula is C17H31N3S. The Labute approximate surface area is 135 Å². The molecule has 1 saturated carbocycles. The van der Waals surface area contributed by atoms with Gasteiger partial charge in [-0.2, -0.15) is 0 Å². The lowest BCUT2D eigenvalue weighted by Gasteiger charge is -2.50. The highest BCUT2D eigenvalue weighted by Crippen LogP contribution is 2.37. The van der Waals surface area contributed by atoms with E-state index in [4.69, 9.17) is 12.2 Å². The molecule has 0 aromatic rings. The quantitative estimate of drug-likeness (QED) is 0.781. The Morgan fingerprint density at radius 1 is 1.19 bits per heavy atom. The van der Waals surface area contributed by atoms with Crippen LogP contribution >= 0.6 is 12.2 Å². The van der Waals surface area contributed by atoms with Crippen molar-refractivity contribution in [2.45, 2.75) is 70.4 Å². The van der Waals surface area contributed by atoms with Crippen molar-refractivity contribution in [1.29, 1.82) is 0 Å². The molecule has 1 aliphatic carbocycles. The molecule has 4 atom stereocenters. The first kappa shape index (κ1) is 15.5. The van der Waals surface area contributed by atoms with Crippen LogP contribution in [0.15, 0.2) is 0 Å². The SMILES string of the molecule is CCC1CN2CCC1CC2CNC(=S)NC1CCCCC1. The van der Waals surface area contributed by atoms with E-state index in [-0.39, 0.29) is 0 Å². The van der Waals surface area contributed by atoms with Gasteiger partial charge < -0.3 is 10.6 Å². The standard InChI is InChI=1S/C17H31N3S/c1-2-13-12-20-9-8-14(13)10-16(20)11-18-17(21)19-15-6-4-3-5-7-15/h13-16H,2-12H2,1H3,(H2,18,19,21). The number of fused-ring (bicyclic) bond motifs is 3. The zero-order valence-corrected chi connectivity index (χ0v) is 14.3. The second-order valence-corrected chi connectivity index (χ2v) is 7.70. The van der Waals surface area contributed by atoms with Gasteiger partial charge in [0.05, 0.1) is 0 Å². The van der Waals surface area contributed by atoms with Crippen LogP contribution in [0.25, 0.3) is 0 Å². The van der Waals surface area contributed by atoms with Gasteiger partial charge in [-0.1, -0.05) is 32.6 Å². The van der Waals surface area contributed by atoms with Gasteiger partial charge in [0, 0.05) is 25.2 Å². The van der Waals surface area contributed by atoms with Crippen LogP contribution in [0.4, 0.5) is 0 Å². The molecular weight excluding hydrogens is 278 g/mol. The maximum atomic E-state index is 5.49. The Hall–Kier alpha value is -0.350. The summed E-state index contributed by atoms with van der Waals surface area (Å²) >= 11 is 5.49. The van der Waals surface area contributed by atoms with Gasteiger partial charge in [-0.15, -0.1) is 0 Å². The van der Waals surface area contributed by atoms with Crippen molar-refractivity contribution in [2.75, 3.05) is 19.6 Å². The molecule has 4 aliphatic rings. The van der Waals surface area contributed by atoms with Gasteiger partial charge in [-0.25, -0.2) is 0 Å². The van der Waals surface area contributed by atoms with Crippen LogP contribution in [0.2, 0.25) is 0 Å². The van der Waals surface area contributed by atoms with Gasteiger partial charge >= 0.3 is 0 Å². The summed E-state index contributed by atoms with van der Waals surface area (Å²) < 4.78 is 0. The van der Waals surface area contributed by atoms with Crippen LogP contribution in [0.5, 0.6) is 0 Å². The van der Waals surface area contributed by atoms with Crippen LogP contribution in [-0.4, -0.2) is 41.7 Å². The summed E-state index contributed by atoms with van der Waals surface area (Å²) in [5, 5.41) is 7.91. The number of piperidine rings is 3. The highest BCUT2D eigenvalue weighted by molar-refractivity contribution is 7.80. The van der Waals surface area contributed by atoms with E-state index in [9.17, 15) is 0 Å². The molecule has 3 heterocycles. The van der Waals surface area contributed by atoms with Crippen molar-refractivity contribution in [3.8, 4) is 0 Å². The molecule has 120 valence electrons. The topological polar surface area (TPSA) is 27.3 Å². The first-order valence-electron chi connectivity index (χ1n) is 9.04. The van der Waals surface area contributed by atoms with Gasteiger partial charge in [0.2, 0.25) is 0 Å². The molecule has 4 fully saturated rings. The molecule has 0 radical (unpaired) electrons. The summed E-state index contributed by atoms with van der Waals surface area (Å²) in [7, 11) is 0. The molecule has 3 nitrogen and oxygen atoms in total. The monoisotopic (exact) mass is 309 g/mol. The average Bonchev–Trinajstić information content (AvgIpc) is 2.54. The Morgan fingerprint density at radius 3 is 2.67 bits per heavy atom. The third-order valence-electron chi connectivity index (χ3n) is 5.98. The first-order valence-corrected chi connectivity index (χ1v) is 9.45. The van der Waals surface area contributed by atoms with E-state index < -0.39 is 0 Å². The van der Waals surface area contributed by atoms with Crippen molar-refractivity contribution in [2.24, 2.45) is 11.8 Å². The fourth-order valence-electron chi connectivity index (χ4n) is 4.62. The highest BCUT2D eigenvalue weighted by atomic mass is 32.1. The van der Waals surface area contributed by atoms with Crippen molar-refractivity contribution < 1.29 is 0 Å². The van der Waals surface area contributed by atoms with E-state index in [1.54, 1.807) is 0 Å². The normalized spacial score (nSPS) is 36.4. The van der Waals surface area contributed by atoms with E-state index in [2.05, 4.69) is 22.5 Å². The van der Waals surface area contributed by atoms with E-state index in [1.807, 2.05) is 0 Å². The maximum absolute atomic E-state index is 5.49. The Kier molecular flexibility index (Phi) is 5.38. The smallest absolute Gasteiger partial charge is 0.166 e. The fraction of sp³-hybridized carbons (Fsp3) is 0.941. The molecule has 3 aliphatic heterocycles. The highest BCUT2D eigenvalue weighted by Gasteiger charge is 2.38. The zero-order valence-electron chi connectivity index (χ0n) is 13.4. The van der Waals surface area contributed by atoms with E-state index in [0.29, 0.717) is 12.1 Å². The second-order valence-electron chi connectivity index (χ2n) is 7.29. The molecule has 0 aromatic heterocycles. The lowest BCUT2D eigenvalue weighted by Crippen LogP contribution is -2.57. The van der Waals surface area contributed by atoms with Gasteiger partial charge in [0.15, 0.2) is 5.11 Å². The number of nitrogens with one attached hydrogen (secondary N) is 2. The van der Waals surface area contributed by atoms with E-state index in [1.165, 1.54) is 64.5 Å². The predicted molar refractivity (Wildman–Crippen MR) is 92.5 cm³/mol. The van der Waals surface area contributed by atoms with E-state index >= 15 is 0 Å². The molecule has 4 unspecified atom stereocenters. The lowest BCUT2D eigenvalue weighted by molar-refractivity contribution is 0.00203. The summed E-state index contributed by atoms with van der Waals surface area (Å²) in [6.07, 6.45) is 10.8. The van der Waals surface area contributed by atoms with Gasteiger partial charge in [-0.3, -0.25) is 4.90 Å². The number of rotatable bonds is 4. The predicted octanol–water partition coefficient (Wildman–Crippen LogP) is 2.90. The minimum absolute atomic E-state index is 0.617. The molecule has 4 heteroatoms. The van der Waals surface area contributed by atoms with Crippen LogP contribution in [0.3, 0.4) is 0 Å². The lowest BCUT2D eigenvalue weighted by atomic mass is 9.74. The van der Waals surface area contributed by atoms with E-state index in [0.717, 1.165) is 23.5 Å². The van der Waals surface area contributed by atoms with Gasteiger partial charge in [0.25, 0.3) is 0 Å². The molecule has 4 rings (SSSR count). The molecule has 0 aromatic carbocycles. The largest absolute Gasteiger partial charge is 0.361 e. The minimum Gasteiger partial charge on any atom is -0.361 e. The molecule has 3 saturated heterocycles. The fourth-order valence-corrected chi connectivity index (χ4v) is 4.87. The molecule has 2 N–H and O–H groups in total. The number of nitrogens with zero attached hydrogens (tertiary/aromatic N) is 1. The first-order chi connectivity index (χ1) is 10.3. The molecule has 21 heavy (non-hydrogen) atoms. The van der Waals surface area contributed by atoms with Crippen molar-refractivity contribution in [3.05, 3.63) is 0 Å². The summed E-state index contributed by atoms with van der Waals surface area (Å²) in [4.78, 5) is 2.70. The third kappa shape index (κ3) is 3.89. The van der Waals surface area contributed by atoms with Crippen LogP contribution < -0.4 is 10.6 Å². The number of hydrogen-bond donors (Lipinski definition) is 2. The van der Waals surface area contributed by atoms with Crippen molar-refractivity contribution in [1.82, 2.24) is 15.5 Å². The van der Waals surface area contributed by atoms with Crippen molar-refractivity contribution in [3.63, 3.8) is 0 Å². The molecule has 2 bridgehead atoms. The number of thiocarbonyl (C=S) groups is 1. The summed E-state index contributed by atoms with van der Waals surface area (Å²) in [6, 6.07) is 1.32. The van der Waals surface area contributed by atoms with Gasteiger partial charge in [0.1, 0.15) is 0 Å². The average molecular weight is 310 g/mol. The molecule has 0 amide bonds. The summed E-state index contributed by atoms with van der Waals surface area (Å²) in [5.41, 5.74) is 0. The van der Waals surface area contributed by atoms with Crippen LogP contribution in [0, 0.1) is 11.8 Å². The van der Waals surface area contributed by atoms with Crippen molar-refractivity contribution >= 4 is 17.3 Å². The number of hydrogen-bond acceptors (Lipinski definition) is 2. The van der Waals surface area contributed by atoms with Crippen LogP contribution in [-0.2, 0) is 0 Å². The Morgan fingerprint density at radius 2 is 2.00 bits per heavy atom. The van der Waals surface area contributed by atoms with Crippen LogP contribution in [0.1, 0.15) is 58.3 Å². The minimum atomic E-state index is 0.617.